The highest BCUT2D eigenvalue weighted by atomic mass is 16.3. The zero-order valence-corrected chi connectivity index (χ0v) is 8.06. The van der Waals surface area contributed by atoms with Crippen molar-refractivity contribution >= 4 is 0 Å². The van der Waals surface area contributed by atoms with E-state index in [9.17, 15) is 0 Å². The lowest BCUT2D eigenvalue weighted by Crippen LogP contribution is -2.61. The number of nitrogens with one attached hydrogen (secondary N) is 2. The molecule has 0 aromatic carbocycles. The molecule has 1 aliphatic rings. The Bertz CT molecular complexity index is 136. The van der Waals surface area contributed by atoms with Gasteiger partial charge in [-0.15, -0.1) is 0 Å². The van der Waals surface area contributed by atoms with Gasteiger partial charge in [-0.05, 0) is 19.8 Å². The van der Waals surface area contributed by atoms with Gasteiger partial charge in [-0.1, -0.05) is 6.92 Å². The van der Waals surface area contributed by atoms with Crippen molar-refractivity contribution < 1.29 is 5.11 Å². The lowest BCUT2D eigenvalue weighted by atomic mass is 9.93. The van der Waals surface area contributed by atoms with E-state index in [2.05, 4.69) is 24.5 Å². The molecule has 1 fully saturated rings. The van der Waals surface area contributed by atoms with Gasteiger partial charge in [0.25, 0.3) is 0 Å². The van der Waals surface area contributed by atoms with Gasteiger partial charge in [0.05, 0.1) is 0 Å². The van der Waals surface area contributed by atoms with Crippen molar-refractivity contribution in [2.75, 3.05) is 19.7 Å². The van der Waals surface area contributed by atoms with Gasteiger partial charge in [0.1, 0.15) is 0 Å². The Morgan fingerprint density at radius 3 is 2.58 bits per heavy atom. The number of aliphatic hydroxyl groups is 1. The van der Waals surface area contributed by atoms with Crippen LogP contribution in [0.3, 0.4) is 0 Å². The van der Waals surface area contributed by atoms with Crippen LogP contribution in [-0.2, 0) is 0 Å². The van der Waals surface area contributed by atoms with Gasteiger partial charge in [0, 0.05) is 31.3 Å². The lowest BCUT2D eigenvalue weighted by Gasteiger charge is -2.38. The van der Waals surface area contributed by atoms with Crippen LogP contribution in [0.5, 0.6) is 0 Å². The minimum atomic E-state index is 0.127. The first-order chi connectivity index (χ1) is 5.70. The Kier molecular flexibility index (Phi) is 3.50. The van der Waals surface area contributed by atoms with Gasteiger partial charge >= 0.3 is 0 Å². The quantitative estimate of drug-likeness (QED) is 0.551. The van der Waals surface area contributed by atoms with Crippen molar-refractivity contribution in [3.8, 4) is 0 Å². The van der Waals surface area contributed by atoms with E-state index in [1.807, 2.05) is 0 Å². The van der Waals surface area contributed by atoms with Crippen molar-refractivity contribution in [3.63, 3.8) is 0 Å². The van der Waals surface area contributed by atoms with E-state index in [1.165, 1.54) is 0 Å². The van der Waals surface area contributed by atoms with Gasteiger partial charge in [0.15, 0.2) is 0 Å². The average molecular weight is 172 g/mol. The fourth-order valence-electron chi connectivity index (χ4n) is 1.48. The molecule has 3 heteroatoms. The molecule has 0 aliphatic carbocycles. The van der Waals surface area contributed by atoms with E-state index in [0.29, 0.717) is 6.04 Å². The molecule has 3 nitrogen and oxygen atoms in total. The second-order valence-corrected chi connectivity index (χ2v) is 3.89. The third-order valence-electron chi connectivity index (χ3n) is 2.78. The SMILES string of the molecule is CCC(C)(CCO)NC1CNC1. The molecule has 0 spiro atoms. The summed E-state index contributed by atoms with van der Waals surface area (Å²) >= 11 is 0. The molecule has 12 heavy (non-hydrogen) atoms. The molecule has 3 N–H and O–H groups in total. The van der Waals surface area contributed by atoms with Crippen LogP contribution < -0.4 is 10.6 Å². The van der Waals surface area contributed by atoms with Crippen LogP contribution in [0.25, 0.3) is 0 Å². The van der Waals surface area contributed by atoms with Crippen molar-refractivity contribution in [2.24, 2.45) is 0 Å². The smallest absolute Gasteiger partial charge is 0.0448 e. The Balaban J connectivity index is 2.30. The number of rotatable bonds is 5. The predicted molar refractivity (Wildman–Crippen MR) is 50.2 cm³/mol. The first-order valence-corrected chi connectivity index (χ1v) is 4.79. The average Bonchev–Trinajstić information content (AvgIpc) is 1.98. The summed E-state index contributed by atoms with van der Waals surface area (Å²) in [7, 11) is 0. The summed E-state index contributed by atoms with van der Waals surface area (Å²) < 4.78 is 0. The second-order valence-electron chi connectivity index (χ2n) is 3.89. The molecule has 1 saturated heterocycles. The first-order valence-electron chi connectivity index (χ1n) is 4.79. The molecule has 72 valence electrons. The van der Waals surface area contributed by atoms with Crippen molar-refractivity contribution in [1.82, 2.24) is 10.6 Å². The maximum atomic E-state index is 8.88. The fraction of sp³-hybridized carbons (Fsp3) is 1.00. The molecule has 1 atom stereocenters. The van der Waals surface area contributed by atoms with E-state index in [-0.39, 0.29) is 12.1 Å². The Morgan fingerprint density at radius 1 is 1.58 bits per heavy atom. The molecule has 0 bridgehead atoms. The fourth-order valence-corrected chi connectivity index (χ4v) is 1.48. The lowest BCUT2D eigenvalue weighted by molar-refractivity contribution is 0.185. The normalized spacial score (nSPS) is 23.2. The highest BCUT2D eigenvalue weighted by molar-refractivity contribution is 4.91. The standard InChI is InChI=1S/C9H20N2O/c1-3-9(2,4-5-12)11-8-6-10-7-8/h8,10-12H,3-7H2,1-2H3. The summed E-state index contributed by atoms with van der Waals surface area (Å²) in [6.07, 6.45) is 1.92. The molecule has 1 heterocycles. The van der Waals surface area contributed by atoms with Crippen LogP contribution in [0.15, 0.2) is 0 Å². The van der Waals surface area contributed by atoms with Crippen LogP contribution >= 0.6 is 0 Å². The van der Waals surface area contributed by atoms with Crippen molar-refractivity contribution in [1.29, 1.82) is 0 Å². The Labute approximate surface area is 74.5 Å². The third kappa shape index (κ3) is 2.44. The van der Waals surface area contributed by atoms with Gasteiger partial charge in [-0.25, -0.2) is 0 Å². The molecule has 1 rings (SSSR count). The molecule has 0 amide bonds. The second kappa shape index (κ2) is 4.21. The highest BCUT2D eigenvalue weighted by Gasteiger charge is 2.27. The molecule has 1 aliphatic heterocycles. The summed E-state index contributed by atoms with van der Waals surface area (Å²) in [6.45, 7) is 6.76. The maximum absolute atomic E-state index is 8.88. The van der Waals surface area contributed by atoms with Crippen LogP contribution in [0.4, 0.5) is 0 Å². The van der Waals surface area contributed by atoms with E-state index in [0.717, 1.165) is 25.9 Å². The Hall–Kier alpha value is -0.120. The summed E-state index contributed by atoms with van der Waals surface area (Å²) in [4.78, 5) is 0. The zero-order valence-electron chi connectivity index (χ0n) is 8.06. The number of hydrogen-bond acceptors (Lipinski definition) is 3. The van der Waals surface area contributed by atoms with Gasteiger partial charge in [-0.2, -0.15) is 0 Å². The zero-order chi connectivity index (χ0) is 9.03. The topological polar surface area (TPSA) is 44.3 Å². The van der Waals surface area contributed by atoms with Crippen LogP contribution in [0, 0.1) is 0 Å². The number of aliphatic hydroxyl groups excluding tert-OH is 1. The maximum Gasteiger partial charge on any atom is 0.0448 e. The van der Waals surface area contributed by atoms with E-state index >= 15 is 0 Å². The molecule has 1 unspecified atom stereocenters. The first kappa shape index (κ1) is 9.96. The van der Waals surface area contributed by atoms with Crippen LogP contribution in [0.1, 0.15) is 26.7 Å². The van der Waals surface area contributed by atoms with Crippen molar-refractivity contribution in [3.05, 3.63) is 0 Å². The molecule has 0 saturated carbocycles. The number of hydrogen-bond donors (Lipinski definition) is 3. The van der Waals surface area contributed by atoms with Gasteiger partial charge < -0.3 is 15.7 Å². The third-order valence-corrected chi connectivity index (χ3v) is 2.78. The van der Waals surface area contributed by atoms with E-state index in [4.69, 9.17) is 5.11 Å². The van der Waals surface area contributed by atoms with Crippen LogP contribution in [0.2, 0.25) is 0 Å². The van der Waals surface area contributed by atoms with Gasteiger partial charge in [-0.3, -0.25) is 0 Å². The molecule has 0 radical (unpaired) electrons. The largest absolute Gasteiger partial charge is 0.396 e. The minimum Gasteiger partial charge on any atom is -0.396 e. The van der Waals surface area contributed by atoms with Gasteiger partial charge in [0.2, 0.25) is 0 Å². The molecular formula is C9H20N2O. The Morgan fingerprint density at radius 2 is 2.25 bits per heavy atom. The minimum absolute atomic E-state index is 0.127. The van der Waals surface area contributed by atoms with Crippen LogP contribution in [-0.4, -0.2) is 36.4 Å². The summed E-state index contributed by atoms with van der Waals surface area (Å²) in [5.74, 6) is 0. The molecular weight excluding hydrogens is 152 g/mol. The van der Waals surface area contributed by atoms with E-state index in [1.54, 1.807) is 0 Å². The molecule has 0 aromatic rings. The predicted octanol–water partition coefficient (Wildman–Crippen LogP) is 0.0989. The summed E-state index contributed by atoms with van der Waals surface area (Å²) in [5.41, 5.74) is 0.127. The molecule has 0 aromatic heterocycles. The van der Waals surface area contributed by atoms with Crippen molar-refractivity contribution in [2.45, 2.75) is 38.3 Å². The monoisotopic (exact) mass is 172 g/mol. The summed E-state index contributed by atoms with van der Waals surface area (Å²) in [6, 6.07) is 0.612. The highest BCUT2D eigenvalue weighted by Crippen LogP contribution is 2.15. The summed E-state index contributed by atoms with van der Waals surface area (Å²) in [5, 5.41) is 15.7. The van der Waals surface area contributed by atoms with E-state index < -0.39 is 0 Å².